The van der Waals surface area contributed by atoms with Crippen molar-refractivity contribution in [2.24, 2.45) is 0 Å². The Balaban J connectivity index is 1.35. The van der Waals surface area contributed by atoms with Crippen LogP contribution in [0.5, 0.6) is 11.5 Å². The summed E-state index contributed by atoms with van der Waals surface area (Å²) in [5.74, 6) is 3.63. The average molecular weight is 467 g/mol. The first-order valence-electron chi connectivity index (χ1n) is 12.0. The molecule has 1 aliphatic carbocycles. The van der Waals surface area contributed by atoms with Crippen molar-refractivity contribution in [3.63, 3.8) is 0 Å². The summed E-state index contributed by atoms with van der Waals surface area (Å²) in [5, 5.41) is 1.26. The molecule has 0 bridgehead atoms. The molecule has 1 saturated heterocycles. The zero-order valence-electron chi connectivity index (χ0n) is 19.1. The van der Waals surface area contributed by atoms with E-state index in [0.29, 0.717) is 13.2 Å². The summed E-state index contributed by atoms with van der Waals surface area (Å²) in [6.45, 7) is 6.18. The summed E-state index contributed by atoms with van der Waals surface area (Å²) < 4.78 is 17.0. The summed E-state index contributed by atoms with van der Waals surface area (Å²) >= 11 is 1.87. The fourth-order valence-corrected chi connectivity index (χ4v) is 6.30. The fourth-order valence-electron chi connectivity index (χ4n) is 5.02. The van der Waals surface area contributed by atoms with Crippen LogP contribution in [0.2, 0.25) is 0 Å². The SMILES string of the molecule is CN(Cc1ccc2c(c1)OCCO2)c1nc(CN2CCOCC2)nc2sc3c(c12)CCCC3. The van der Waals surface area contributed by atoms with E-state index in [1.807, 2.05) is 17.4 Å². The standard InChI is InChI=1S/C25H30N4O3S/c1-28(15-17-6-7-19-20(14-17)32-13-12-31-19)24-23-18-4-2-3-5-21(18)33-25(23)27-22(26-24)16-29-8-10-30-11-9-29/h6-7,14H,2-5,8-13,15-16H2,1H3. The second-order valence-electron chi connectivity index (χ2n) is 9.08. The maximum absolute atomic E-state index is 5.80. The van der Waals surface area contributed by atoms with Crippen molar-refractivity contribution in [1.29, 1.82) is 0 Å². The Morgan fingerprint density at radius 3 is 2.70 bits per heavy atom. The van der Waals surface area contributed by atoms with E-state index in [0.717, 1.165) is 73.8 Å². The number of rotatable bonds is 5. The number of anilines is 1. The van der Waals surface area contributed by atoms with Crippen LogP contribution in [0.4, 0.5) is 5.82 Å². The molecule has 174 valence electrons. The minimum atomic E-state index is 0.602. The van der Waals surface area contributed by atoms with Gasteiger partial charge in [0.25, 0.3) is 0 Å². The van der Waals surface area contributed by atoms with E-state index < -0.39 is 0 Å². The fraction of sp³-hybridized carbons (Fsp3) is 0.520. The Hall–Kier alpha value is -2.42. The van der Waals surface area contributed by atoms with Crippen LogP contribution in [0.3, 0.4) is 0 Å². The monoisotopic (exact) mass is 466 g/mol. The summed E-state index contributed by atoms with van der Waals surface area (Å²) in [7, 11) is 2.14. The Kier molecular flexibility index (Phi) is 5.82. The first-order chi connectivity index (χ1) is 16.2. The summed E-state index contributed by atoms with van der Waals surface area (Å²) in [4.78, 5) is 17.5. The topological polar surface area (TPSA) is 60.0 Å². The molecule has 0 N–H and O–H groups in total. The molecule has 6 rings (SSSR count). The first-order valence-corrected chi connectivity index (χ1v) is 12.8. The van der Waals surface area contributed by atoms with Crippen LogP contribution < -0.4 is 14.4 Å². The van der Waals surface area contributed by atoms with Crippen molar-refractivity contribution in [3.05, 3.63) is 40.0 Å². The molecule has 1 fully saturated rings. The lowest BCUT2D eigenvalue weighted by atomic mass is 9.97. The number of hydrogen-bond acceptors (Lipinski definition) is 8. The van der Waals surface area contributed by atoms with Gasteiger partial charge in [-0.2, -0.15) is 0 Å². The molecule has 0 atom stereocenters. The molecule has 3 aromatic rings. The number of fused-ring (bicyclic) bond motifs is 4. The van der Waals surface area contributed by atoms with Gasteiger partial charge in [0.15, 0.2) is 11.5 Å². The van der Waals surface area contributed by atoms with E-state index in [1.54, 1.807) is 0 Å². The lowest BCUT2D eigenvalue weighted by molar-refractivity contribution is 0.0331. The van der Waals surface area contributed by atoms with Gasteiger partial charge in [0, 0.05) is 31.6 Å². The third-order valence-electron chi connectivity index (χ3n) is 6.70. The second-order valence-corrected chi connectivity index (χ2v) is 10.2. The molecule has 0 radical (unpaired) electrons. The number of thiophene rings is 1. The van der Waals surface area contributed by atoms with Crippen molar-refractivity contribution in [2.75, 3.05) is 51.5 Å². The molecule has 1 aromatic carbocycles. The maximum atomic E-state index is 5.80. The molecule has 0 amide bonds. The smallest absolute Gasteiger partial charge is 0.161 e. The summed E-state index contributed by atoms with van der Waals surface area (Å²) in [6, 6.07) is 6.24. The van der Waals surface area contributed by atoms with Gasteiger partial charge >= 0.3 is 0 Å². The molecule has 4 heterocycles. The van der Waals surface area contributed by atoms with Gasteiger partial charge in [0.1, 0.15) is 29.7 Å². The van der Waals surface area contributed by atoms with E-state index >= 15 is 0 Å². The quantitative estimate of drug-likeness (QED) is 0.567. The number of aryl methyl sites for hydroxylation is 2. The first kappa shape index (κ1) is 21.1. The van der Waals surface area contributed by atoms with Crippen LogP contribution in [-0.4, -0.2) is 61.4 Å². The van der Waals surface area contributed by atoms with Gasteiger partial charge < -0.3 is 19.1 Å². The number of hydrogen-bond donors (Lipinski definition) is 0. The van der Waals surface area contributed by atoms with E-state index in [2.05, 4.69) is 29.0 Å². The van der Waals surface area contributed by atoms with Gasteiger partial charge in [-0.15, -0.1) is 11.3 Å². The number of morpholine rings is 1. The van der Waals surface area contributed by atoms with E-state index in [1.165, 1.54) is 40.7 Å². The Morgan fingerprint density at radius 2 is 1.82 bits per heavy atom. The summed E-state index contributed by atoms with van der Waals surface area (Å²) in [6.07, 6.45) is 4.82. The minimum Gasteiger partial charge on any atom is -0.486 e. The molecule has 3 aliphatic rings. The Morgan fingerprint density at radius 1 is 1.00 bits per heavy atom. The van der Waals surface area contributed by atoms with E-state index in [9.17, 15) is 0 Å². The van der Waals surface area contributed by atoms with Crippen LogP contribution in [-0.2, 0) is 30.7 Å². The van der Waals surface area contributed by atoms with Crippen molar-refractivity contribution in [1.82, 2.24) is 14.9 Å². The second kappa shape index (κ2) is 9.08. The average Bonchev–Trinajstić information content (AvgIpc) is 3.22. The molecule has 2 aromatic heterocycles. The zero-order valence-corrected chi connectivity index (χ0v) is 20.0. The van der Waals surface area contributed by atoms with Crippen molar-refractivity contribution >= 4 is 27.4 Å². The Bertz CT molecular complexity index is 1160. The highest BCUT2D eigenvalue weighted by molar-refractivity contribution is 7.19. The minimum absolute atomic E-state index is 0.602. The molecule has 8 heteroatoms. The third-order valence-corrected chi connectivity index (χ3v) is 7.88. The highest BCUT2D eigenvalue weighted by Gasteiger charge is 2.24. The molecule has 2 aliphatic heterocycles. The van der Waals surface area contributed by atoms with Crippen molar-refractivity contribution in [2.45, 2.75) is 38.8 Å². The van der Waals surface area contributed by atoms with Crippen LogP contribution in [0, 0.1) is 0 Å². The number of ether oxygens (including phenoxy) is 3. The largest absolute Gasteiger partial charge is 0.486 e. The van der Waals surface area contributed by atoms with Gasteiger partial charge in [0.05, 0.1) is 25.1 Å². The molecule has 0 saturated carbocycles. The van der Waals surface area contributed by atoms with E-state index in [4.69, 9.17) is 24.2 Å². The van der Waals surface area contributed by atoms with Gasteiger partial charge in [-0.3, -0.25) is 4.90 Å². The third kappa shape index (κ3) is 4.27. The van der Waals surface area contributed by atoms with Crippen LogP contribution >= 0.6 is 11.3 Å². The molecule has 0 unspecified atom stereocenters. The van der Waals surface area contributed by atoms with Gasteiger partial charge in [-0.05, 0) is 48.9 Å². The number of aromatic nitrogens is 2. The maximum Gasteiger partial charge on any atom is 0.161 e. The lowest BCUT2D eigenvalue weighted by Gasteiger charge is -2.27. The molecular formula is C25H30N4O3S. The normalized spacial score (nSPS) is 18.3. The molecule has 0 spiro atoms. The van der Waals surface area contributed by atoms with E-state index in [-0.39, 0.29) is 0 Å². The molecular weight excluding hydrogens is 436 g/mol. The van der Waals surface area contributed by atoms with Gasteiger partial charge in [-0.25, -0.2) is 9.97 Å². The predicted octanol–water partition coefficient (Wildman–Crippen LogP) is 3.81. The Labute approximate surface area is 198 Å². The molecule has 33 heavy (non-hydrogen) atoms. The number of benzene rings is 1. The van der Waals surface area contributed by atoms with Crippen molar-refractivity contribution in [3.8, 4) is 11.5 Å². The van der Waals surface area contributed by atoms with Crippen LogP contribution in [0.15, 0.2) is 18.2 Å². The number of nitrogens with zero attached hydrogens (tertiary/aromatic N) is 4. The van der Waals surface area contributed by atoms with Gasteiger partial charge in [-0.1, -0.05) is 6.07 Å². The molecule has 7 nitrogen and oxygen atoms in total. The van der Waals surface area contributed by atoms with Crippen LogP contribution in [0.25, 0.3) is 10.2 Å². The van der Waals surface area contributed by atoms with Gasteiger partial charge in [0.2, 0.25) is 0 Å². The predicted molar refractivity (Wildman–Crippen MR) is 130 cm³/mol. The highest BCUT2D eigenvalue weighted by Crippen LogP contribution is 2.40. The zero-order chi connectivity index (χ0) is 22.2. The van der Waals surface area contributed by atoms with Crippen molar-refractivity contribution < 1.29 is 14.2 Å². The van der Waals surface area contributed by atoms with Crippen LogP contribution in [0.1, 0.15) is 34.7 Å². The lowest BCUT2D eigenvalue weighted by Crippen LogP contribution is -2.36. The highest BCUT2D eigenvalue weighted by atomic mass is 32.1. The summed E-state index contributed by atoms with van der Waals surface area (Å²) in [5.41, 5.74) is 2.66.